The third-order valence-corrected chi connectivity index (χ3v) is 7.93. The topological polar surface area (TPSA) is 78.9 Å². The van der Waals surface area contributed by atoms with Gasteiger partial charge in [-0.15, -0.1) is 4.72 Å². The molecule has 3 aromatic rings. The monoisotopic (exact) mass is 575 g/mol. The van der Waals surface area contributed by atoms with E-state index in [0.29, 0.717) is 24.6 Å². The van der Waals surface area contributed by atoms with Gasteiger partial charge in [-0.3, -0.25) is 0 Å². The summed E-state index contributed by atoms with van der Waals surface area (Å²) in [5, 5.41) is 0. The number of aromatic nitrogens is 1. The molecule has 1 aromatic heterocycles. The summed E-state index contributed by atoms with van der Waals surface area (Å²) in [4.78, 5) is 6.75. The lowest BCUT2D eigenvalue weighted by Gasteiger charge is -2.29. The van der Waals surface area contributed by atoms with Gasteiger partial charge in [-0.05, 0) is 75.2 Å². The molecule has 0 amide bonds. The highest BCUT2D eigenvalue weighted by Crippen LogP contribution is 2.34. The minimum Gasteiger partial charge on any atom is -0.598 e. The van der Waals surface area contributed by atoms with Gasteiger partial charge in [-0.2, -0.15) is 8.78 Å². The van der Waals surface area contributed by atoms with Gasteiger partial charge in [0.1, 0.15) is 28.7 Å². The molecule has 10 heteroatoms. The molecule has 0 saturated carbocycles. The van der Waals surface area contributed by atoms with Crippen LogP contribution in [0, 0.1) is 0 Å². The van der Waals surface area contributed by atoms with Gasteiger partial charge in [0.15, 0.2) is 0 Å². The molecule has 0 saturated heterocycles. The first-order valence-corrected chi connectivity index (χ1v) is 14.1. The summed E-state index contributed by atoms with van der Waals surface area (Å²) in [6.45, 7) is 7.33. The van der Waals surface area contributed by atoms with E-state index in [4.69, 9.17) is 19.2 Å². The molecule has 2 aromatic carbocycles. The van der Waals surface area contributed by atoms with Gasteiger partial charge in [0.05, 0.1) is 26.0 Å². The van der Waals surface area contributed by atoms with Crippen LogP contribution >= 0.6 is 0 Å². The summed E-state index contributed by atoms with van der Waals surface area (Å²) in [5.74, 6) is -1.45. The first-order valence-electron chi connectivity index (χ1n) is 12.9. The maximum absolute atomic E-state index is 15.2. The maximum atomic E-state index is 15.2. The van der Waals surface area contributed by atoms with Crippen molar-refractivity contribution in [3.63, 3.8) is 0 Å². The highest BCUT2D eigenvalue weighted by Gasteiger charge is 2.35. The van der Waals surface area contributed by atoms with Crippen LogP contribution in [0.1, 0.15) is 56.1 Å². The van der Waals surface area contributed by atoms with E-state index < -0.39 is 34.7 Å². The zero-order chi connectivity index (χ0) is 29.5. The maximum Gasteiger partial charge on any atom is 0.296 e. The minimum atomic E-state index is -3.25. The van der Waals surface area contributed by atoms with Gasteiger partial charge in [0, 0.05) is 37.1 Å². The van der Waals surface area contributed by atoms with Crippen molar-refractivity contribution in [3.05, 3.63) is 83.0 Å². The molecule has 40 heavy (non-hydrogen) atoms. The van der Waals surface area contributed by atoms with Gasteiger partial charge in [0.25, 0.3) is 5.92 Å². The number of rotatable bonds is 13. The highest BCUT2D eigenvalue weighted by molar-refractivity contribution is 7.90. The molecular weight excluding hydrogens is 536 g/mol. The Morgan fingerprint density at radius 1 is 0.900 bits per heavy atom. The number of pyridine rings is 1. The third-order valence-electron chi connectivity index (χ3n) is 6.25. The number of halogens is 2. The number of benzene rings is 2. The second kappa shape index (κ2) is 13.6. The van der Waals surface area contributed by atoms with E-state index in [2.05, 4.69) is 4.72 Å². The minimum absolute atomic E-state index is 0.223. The van der Waals surface area contributed by atoms with E-state index in [1.54, 1.807) is 21.1 Å². The van der Waals surface area contributed by atoms with Crippen LogP contribution in [0.4, 0.5) is 14.6 Å². The molecule has 1 heterocycles. The summed E-state index contributed by atoms with van der Waals surface area (Å²) in [7, 11) is 4.45. The Balaban J connectivity index is 2.08. The van der Waals surface area contributed by atoms with Gasteiger partial charge in [-0.1, -0.05) is 24.3 Å². The molecule has 7 nitrogen and oxygen atoms in total. The molecule has 1 N–H and O–H groups in total. The van der Waals surface area contributed by atoms with Crippen molar-refractivity contribution in [1.29, 1.82) is 0 Å². The SMILES string of the molecule is COCC(F)(F)c1cc([C@@H](C)N[S+]([O-])C(C)(C)C)nc(N(Cc2ccc(OC)cc2)Cc2ccc(OC)cc2)c1. The van der Waals surface area contributed by atoms with E-state index in [1.807, 2.05) is 74.2 Å². The molecule has 218 valence electrons. The van der Waals surface area contributed by atoms with Crippen molar-refractivity contribution in [2.75, 3.05) is 32.8 Å². The molecule has 0 bridgehead atoms. The number of methoxy groups -OCH3 is 3. The molecule has 2 atom stereocenters. The fraction of sp³-hybridized carbons (Fsp3) is 0.433. The summed E-state index contributed by atoms with van der Waals surface area (Å²) in [5.41, 5.74) is 2.03. The standard InChI is InChI=1S/C30H39F2N3O4S/c1-21(34-40(36)29(2,3)4)27-16-24(30(31,32)20-37-5)17-28(33-27)35(18-22-8-12-25(38-6)13-9-22)19-23-10-14-26(39-7)15-11-23/h8-17,21,34H,18-20H2,1-7H3/t21-,40?/m1/s1. The Kier molecular flexibility index (Phi) is 10.8. The van der Waals surface area contributed by atoms with E-state index in [1.165, 1.54) is 19.2 Å². The Bertz CT molecular complexity index is 1170. The summed E-state index contributed by atoms with van der Waals surface area (Å²) < 4.78 is 61.2. The lowest BCUT2D eigenvalue weighted by Crippen LogP contribution is -2.41. The summed E-state index contributed by atoms with van der Waals surface area (Å²) >= 11 is -1.43. The Morgan fingerprint density at radius 3 is 1.82 bits per heavy atom. The lowest BCUT2D eigenvalue weighted by molar-refractivity contribution is -0.0698. The van der Waals surface area contributed by atoms with Crippen LogP contribution in [-0.2, 0) is 35.1 Å². The van der Waals surface area contributed by atoms with Crippen LogP contribution in [0.25, 0.3) is 0 Å². The van der Waals surface area contributed by atoms with Crippen LogP contribution < -0.4 is 19.1 Å². The van der Waals surface area contributed by atoms with Gasteiger partial charge in [0.2, 0.25) is 0 Å². The van der Waals surface area contributed by atoms with Crippen LogP contribution in [0.5, 0.6) is 11.5 Å². The first-order chi connectivity index (χ1) is 18.9. The Morgan fingerprint density at radius 2 is 1.40 bits per heavy atom. The predicted molar refractivity (Wildman–Crippen MR) is 155 cm³/mol. The van der Waals surface area contributed by atoms with E-state index in [-0.39, 0.29) is 5.56 Å². The largest absolute Gasteiger partial charge is 0.598 e. The van der Waals surface area contributed by atoms with Crippen molar-refractivity contribution in [3.8, 4) is 11.5 Å². The van der Waals surface area contributed by atoms with Crippen molar-refractivity contribution >= 4 is 17.2 Å². The van der Waals surface area contributed by atoms with Crippen molar-refractivity contribution < 1.29 is 27.5 Å². The summed E-state index contributed by atoms with van der Waals surface area (Å²) in [6, 6.07) is 17.4. The van der Waals surface area contributed by atoms with Gasteiger partial charge >= 0.3 is 0 Å². The third kappa shape index (κ3) is 8.54. The first kappa shape index (κ1) is 31.6. The molecule has 0 fully saturated rings. The van der Waals surface area contributed by atoms with Crippen molar-refractivity contribution in [2.24, 2.45) is 0 Å². The highest BCUT2D eigenvalue weighted by atomic mass is 32.2. The fourth-order valence-corrected chi connectivity index (χ4v) is 4.71. The fourth-order valence-electron chi connectivity index (χ4n) is 3.91. The zero-order valence-corrected chi connectivity index (χ0v) is 25.0. The normalized spacial score (nSPS) is 13.6. The molecule has 0 aliphatic heterocycles. The van der Waals surface area contributed by atoms with Gasteiger partial charge < -0.3 is 23.7 Å². The molecule has 3 rings (SSSR count). The van der Waals surface area contributed by atoms with Crippen LogP contribution in [0.15, 0.2) is 60.7 Å². The second-order valence-electron chi connectivity index (χ2n) is 10.5. The second-order valence-corrected chi connectivity index (χ2v) is 12.5. The number of ether oxygens (including phenoxy) is 3. The van der Waals surface area contributed by atoms with Crippen LogP contribution in [0.2, 0.25) is 0 Å². The smallest absolute Gasteiger partial charge is 0.296 e. The van der Waals surface area contributed by atoms with E-state index in [0.717, 1.165) is 22.6 Å². The number of hydrogen-bond acceptors (Lipinski definition) is 7. The zero-order valence-electron chi connectivity index (χ0n) is 24.2. The predicted octanol–water partition coefficient (Wildman–Crippen LogP) is 6.16. The number of hydrogen-bond donors (Lipinski definition) is 1. The molecule has 0 aliphatic carbocycles. The average Bonchev–Trinajstić information content (AvgIpc) is 2.92. The lowest BCUT2D eigenvalue weighted by atomic mass is 10.1. The molecule has 0 aliphatic rings. The average molecular weight is 576 g/mol. The van der Waals surface area contributed by atoms with Gasteiger partial charge in [-0.25, -0.2) is 4.98 Å². The van der Waals surface area contributed by atoms with Crippen LogP contribution in [0.3, 0.4) is 0 Å². The van der Waals surface area contributed by atoms with E-state index in [9.17, 15) is 4.55 Å². The number of nitrogens with zero attached hydrogens (tertiary/aromatic N) is 2. The molecular formula is C30H39F2N3O4S. The number of anilines is 1. The van der Waals surface area contributed by atoms with Crippen molar-refractivity contribution in [1.82, 2.24) is 9.71 Å². The number of nitrogens with one attached hydrogen (secondary N) is 1. The Hall–Kier alpha value is -2.92. The molecule has 1 unspecified atom stereocenters. The van der Waals surface area contributed by atoms with Crippen LogP contribution in [-0.4, -0.2) is 42.2 Å². The molecule has 0 radical (unpaired) electrons. The quantitative estimate of drug-likeness (QED) is 0.245. The molecule has 0 spiro atoms. The van der Waals surface area contributed by atoms with E-state index >= 15 is 8.78 Å². The summed E-state index contributed by atoms with van der Waals surface area (Å²) in [6.07, 6.45) is 0. The number of alkyl halides is 2. The van der Waals surface area contributed by atoms with Crippen molar-refractivity contribution in [2.45, 2.75) is 57.5 Å². The Labute approximate surface area is 239 Å².